The average molecular weight is 281 g/mol. The van der Waals surface area contributed by atoms with Gasteiger partial charge in [0, 0.05) is 11.8 Å². The Labute approximate surface area is 127 Å². The Balaban J connectivity index is 1.53. The molecule has 1 saturated heterocycles. The predicted molar refractivity (Wildman–Crippen MR) is 88.8 cm³/mol. The highest BCUT2D eigenvalue weighted by atomic mass is 15.3. The summed E-state index contributed by atoms with van der Waals surface area (Å²) in [5, 5.41) is 0. The number of nitrogens with zero attached hydrogens (tertiary/aromatic N) is 1. The van der Waals surface area contributed by atoms with Crippen molar-refractivity contribution < 1.29 is 4.48 Å². The third kappa shape index (κ3) is 5.06. The monoisotopic (exact) mass is 280 g/mol. The lowest BCUT2D eigenvalue weighted by Crippen LogP contribution is -2.42. The molecule has 1 aliphatic heterocycles. The highest BCUT2D eigenvalue weighted by molar-refractivity contribution is 4.80. The van der Waals surface area contributed by atoms with Crippen molar-refractivity contribution in [2.75, 3.05) is 26.7 Å². The summed E-state index contributed by atoms with van der Waals surface area (Å²) in [7, 11) is 2.54. The van der Waals surface area contributed by atoms with Crippen molar-refractivity contribution in [2.24, 2.45) is 11.8 Å². The van der Waals surface area contributed by atoms with Crippen LogP contribution in [0.2, 0.25) is 0 Å². The summed E-state index contributed by atoms with van der Waals surface area (Å²) < 4.78 is 1.41. The molecular weight excluding hydrogens is 242 g/mol. The minimum atomic E-state index is 1.09. The molecule has 0 N–H and O–H groups in total. The molecule has 0 unspecified atom stereocenters. The van der Waals surface area contributed by atoms with Gasteiger partial charge in [0.1, 0.15) is 0 Å². The van der Waals surface area contributed by atoms with Crippen LogP contribution in [0.25, 0.3) is 0 Å². The van der Waals surface area contributed by atoms with Gasteiger partial charge in [-0.2, -0.15) is 0 Å². The van der Waals surface area contributed by atoms with E-state index in [2.05, 4.69) is 14.0 Å². The van der Waals surface area contributed by atoms with Crippen LogP contribution in [0.3, 0.4) is 0 Å². The third-order valence-corrected chi connectivity index (χ3v) is 5.97. The van der Waals surface area contributed by atoms with Crippen molar-refractivity contribution in [3.8, 4) is 0 Å². The standard InChI is InChI=1S/C19H38N/c1-3-4-5-6-7-8-9-12-15-20(2)16-18-13-10-11-14-19(18)17-20/h18-19H,3-17H2,1-2H3/q+1/t18-,19-/m1/s1. The van der Waals surface area contributed by atoms with Crippen LogP contribution in [0, 0.1) is 11.8 Å². The summed E-state index contributed by atoms with van der Waals surface area (Å²) >= 11 is 0. The molecule has 20 heavy (non-hydrogen) atoms. The number of rotatable bonds is 9. The minimum Gasteiger partial charge on any atom is -0.326 e. The molecule has 1 heterocycles. The normalized spacial score (nSPS) is 28.5. The zero-order chi connectivity index (χ0) is 14.3. The summed E-state index contributed by atoms with van der Waals surface area (Å²) in [6.45, 7) is 6.77. The molecule has 2 rings (SSSR count). The first-order valence-corrected chi connectivity index (χ1v) is 9.57. The van der Waals surface area contributed by atoms with Crippen LogP contribution in [0.5, 0.6) is 0 Å². The average Bonchev–Trinajstić information content (AvgIpc) is 2.78. The van der Waals surface area contributed by atoms with E-state index in [0.717, 1.165) is 11.8 Å². The summed E-state index contributed by atoms with van der Waals surface area (Å²) in [4.78, 5) is 0. The Hall–Kier alpha value is -0.0400. The van der Waals surface area contributed by atoms with Crippen molar-refractivity contribution in [1.82, 2.24) is 0 Å². The Kier molecular flexibility index (Phi) is 6.87. The molecule has 0 radical (unpaired) electrons. The van der Waals surface area contributed by atoms with E-state index < -0.39 is 0 Å². The third-order valence-electron chi connectivity index (χ3n) is 5.97. The van der Waals surface area contributed by atoms with Gasteiger partial charge in [-0.1, -0.05) is 58.3 Å². The van der Waals surface area contributed by atoms with Crippen LogP contribution in [-0.2, 0) is 0 Å². The summed E-state index contributed by atoms with van der Waals surface area (Å²) in [5.74, 6) is 2.17. The van der Waals surface area contributed by atoms with Gasteiger partial charge >= 0.3 is 0 Å². The van der Waals surface area contributed by atoms with Crippen LogP contribution in [-0.4, -0.2) is 31.2 Å². The van der Waals surface area contributed by atoms with Gasteiger partial charge in [0.15, 0.2) is 0 Å². The SMILES string of the molecule is CCCCCCCCCC[N+]1(C)C[C@H]2CCCC[C@@H]2C1. The van der Waals surface area contributed by atoms with E-state index in [1.165, 1.54) is 101 Å². The molecule has 0 spiro atoms. The number of unbranched alkanes of at least 4 members (excludes halogenated alkanes) is 7. The second-order valence-electron chi connectivity index (χ2n) is 7.99. The first-order valence-electron chi connectivity index (χ1n) is 9.57. The minimum absolute atomic E-state index is 1.09. The van der Waals surface area contributed by atoms with E-state index in [9.17, 15) is 0 Å². The summed E-state index contributed by atoms with van der Waals surface area (Å²) in [5.41, 5.74) is 0. The molecule has 1 heteroatoms. The zero-order valence-electron chi connectivity index (χ0n) is 14.2. The lowest BCUT2D eigenvalue weighted by atomic mass is 9.82. The molecule has 2 atom stereocenters. The van der Waals surface area contributed by atoms with Crippen molar-refractivity contribution >= 4 is 0 Å². The van der Waals surface area contributed by atoms with Gasteiger partial charge in [0.2, 0.25) is 0 Å². The maximum absolute atomic E-state index is 2.54. The lowest BCUT2D eigenvalue weighted by Gasteiger charge is -2.30. The molecule has 0 aromatic carbocycles. The molecule has 1 nitrogen and oxygen atoms in total. The smallest absolute Gasteiger partial charge is 0.0818 e. The quantitative estimate of drug-likeness (QED) is 0.392. The maximum Gasteiger partial charge on any atom is 0.0818 e. The highest BCUT2D eigenvalue weighted by Crippen LogP contribution is 2.39. The number of fused-ring (bicyclic) bond motifs is 1. The molecule has 1 saturated carbocycles. The topological polar surface area (TPSA) is 0 Å². The maximum atomic E-state index is 2.54. The second-order valence-corrected chi connectivity index (χ2v) is 7.99. The van der Waals surface area contributed by atoms with Gasteiger partial charge in [0.05, 0.1) is 26.7 Å². The summed E-state index contributed by atoms with van der Waals surface area (Å²) in [6.07, 6.45) is 17.8. The van der Waals surface area contributed by atoms with Crippen molar-refractivity contribution in [3.05, 3.63) is 0 Å². The molecule has 1 aliphatic carbocycles. The van der Waals surface area contributed by atoms with Gasteiger partial charge in [-0.15, -0.1) is 0 Å². The van der Waals surface area contributed by atoms with E-state index in [0.29, 0.717) is 0 Å². The van der Waals surface area contributed by atoms with E-state index >= 15 is 0 Å². The van der Waals surface area contributed by atoms with Gasteiger partial charge in [-0.25, -0.2) is 0 Å². The largest absolute Gasteiger partial charge is 0.326 e. The van der Waals surface area contributed by atoms with Gasteiger partial charge in [0.25, 0.3) is 0 Å². The van der Waals surface area contributed by atoms with E-state index in [4.69, 9.17) is 0 Å². The van der Waals surface area contributed by atoms with Crippen LogP contribution < -0.4 is 0 Å². The number of hydrogen-bond donors (Lipinski definition) is 0. The van der Waals surface area contributed by atoms with E-state index in [1.807, 2.05) is 0 Å². The van der Waals surface area contributed by atoms with Crippen LogP contribution in [0.4, 0.5) is 0 Å². The molecule has 0 bridgehead atoms. The Morgan fingerprint density at radius 1 is 0.750 bits per heavy atom. The number of likely N-dealkylation sites (tertiary alicyclic amines) is 1. The number of hydrogen-bond acceptors (Lipinski definition) is 0. The van der Waals surface area contributed by atoms with E-state index in [1.54, 1.807) is 0 Å². The fraction of sp³-hybridized carbons (Fsp3) is 1.00. The molecule has 0 aromatic heterocycles. The molecule has 0 aromatic rings. The fourth-order valence-electron chi connectivity index (χ4n) is 4.78. The Morgan fingerprint density at radius 2 is 1.25 bits per heavy atom. The van der Waals surface area contributed by atoms with E-state index in [-0.39, 0.29) is 0 Å². The number of quaternary nitrogens is 1. The predicted octanol–water partition coefficient (Wildman–Crippen LogP) is 5.39. The first-order chi connectivity index (χ1) is 9.73. The molecular formula is C19H38N+. The van der Waals surface area contributed by atoms with Crippen molar-refractivity contribution in [2.45, 2.75) is 84.0 Å². The lowest BCUT2D eigenvalue weighted by molar-refractivity contribution is -0.900. The fourth-order valence-corrected chi connectivity index (χ4v) is 4.78. The molecule has 0 amide bonds. The molecule has 118 valence electrons. The second kappa shape index (κ2) is 8.41. The Morgan fingerprint density at radius 3 is 1.80 bits per heavy atom. The summed E-state index contributed by atoms with van der Waals surface area (Å²) in [6, 6.07) is 0. The van der Waals surface area contributed by atoms with Crippen LogP contribution in [0.15, 0.2) is 0 Å². The van der Waals surface area contributed by atoms with Gasteiger partial charge in [-0.3, -0.25) is 0 Å². The molecule has 2 aliphatic rings. The van der Waals surface area contributed by atoms with Crippen LogP contribution >= 0.6 is 0 Å². The van der Waals surface area contributed by atoms with Crippen molar-refractivity contribution in [3.63, 3.8) is 0 Å². The van der Waals surface area contributed by atoms with Gasteiger partial charge < -0.3 is 4.48 Å². The first kappa shape index (κ1) is 16.3. The molecule has 2 fully saturated rings. The Bertz CT molecular complexity index is 246. The van der Waals surface area contributed by atoms with Gasteiger partial charge in [-0.05, 0) is 25.7 Å². The van der Waals surface area contributed by atoms with Crippen molar-refractivity contribution in [1.29, 1.82) is 0 Å². The van der Waals surface area contributed by atoms with Crippen LogP contribution in [0.1, 0.15) is 84.0 Å². The zero-order valence-corrected chi connectivity index (χ0v) is 14.2. The highest BCUT2D eigenvalue weighted by Gasteiger charge is 2.42.